The molecule has 0 bridgehead atoms. The molecular weight excluding hydrogens is 322 g/mol. The molecule has 0 radical (unpaired) electrons. The Hall–Kier alpha value is -2.81. The minimum absolute atomic E-state index is 0.0317. The fourth-order valence-corrected chi connectivity index (χ4v) is 3.27. The average molecular weight is 347 g/mol. The maximum Gasteiger partial charge on any atom is 0.220 e. The second-order valence-electron chi connectivity index (χ2n) is 6.40. The molecule has 0 fully saturated rings. The number of amides is 1. The summed E-state index contributed by atoms with van der Waals surface area (Å²) in [6.07, 6.45) is 1.11. The number of aryl methyl sites for hydroxylation is 1. The van der Waals surface area contributed by atoms with E-state index in [4.69, 9.17) is 4.74 Å². The molecule has 0 aliphatic heterocycles. The van der Waals surface area contributed by atoms with E-state index in [0.29, 0.717) is 19.4 Å². The highest BCUT2D eigenvalue weighted by Gasteiger charge is 2.13. The molecule has 134 valence electrons. The number of fused-ring (bicyclic) bond motifs is 1. The molecule has 3 rings (SSSR count). The van der Waals surface area contributed by atoms with Crippen LogP contribution in [0.25, 0.3) is 10.8 Å². The number of hydrogen-bond acceptors (Lipinski definition) is 2. The Balaban J connectivity index is 1.65. The molecule has 26 heavy (non-hydrogen) atoms. The number of carbonyl (C=O) groups excluding carboxylic acids is 1. The van der Waals surface area contributed by atoms with Gasteiger partial charge in [-0.3, -0.25) is 4.79 Å². The fourth-order valence-electron chi connectivity index (χ4n) is 3.27. The maximum absolute atomic E-state index is 12.5. The van der Waals surface area contributed by atoms with Crippen LogP contribution in [0, 0.1) is 0 Å². The molecule has 1 amide bonds. The van der Waals surface area contributed by atoms with Crippen LogP contribution in [-0.2, 0) is 11.2 Å². The van der Waals surface area contributed by atoms with Gasteiger partial charge in [-0.25, -0.2) is 0 Å². The molecular formula is C23H25NO2. The summed E-state index contributed by atoms with van der Waals surface area (Å²) in [6.45, 7) is 4.63. The first-order chi connectivity index (χ1) is 12.7. The third kappa shape index (κ3) is 4.23. The summed E-state index contributed by atoms with van der Waals surface area (Å²) in [5.41, 5.74) is 2.22. The summed E-state index contributed by atoms with van der Waals surface area (Å²) in [5.74, 6) is 0.918. The van der Waals surface area contributed by atoms with Gasteiger partial charge >= 0.3 is 0 Å². The second kappa shape index (κ2) is 8.52. The van der Waals surface area contributed by atoms with Crippen molar-refractivity contribution in [2.24, 2.45) is 0 Å². The van der Waals surface area contributed by atoms with E-state index in [1.165, 1.54) is 10.8 Å². The standard InChI is InChI=1S/C23H25NO2/c1-3-26-22-14-7-5-10-19(22)15-16-23(25)24-17(2)20-13-8-11-18-9-4-6-12-21(18)20/h4-14,17H,3,15-16H2,1-2H3,(H,24,25). The zero-order valence-electron chi connectivity index (χ0n) is 15.4. The van der Waals surface area contributed by atoms with Gasteiger partial charge in [0.25, 0.3) is 0 Å². The van der Waals surface area contributed by atoms with Crippen LogP contribution in [0.15, 0.2) is 66.7 Å². The third-order valence-corrected chi connectivity index (χ3v) is 4.56. The summed E-state index contributed by atoms with van der Waals surface area (Å²) < 4.78 is 5.64. The van der Waals surface area contributed by atoms with Gasteiger partial charge < -0.3 is 10.1 Å². The number of carbonyl (C=O) groups is 1. The van der Waals surface area contributed by atoms with Crippen LogP contribution in [0.5, 0.6) is 5.75 Å². The normalized spacial score (nSPS) is 11.9. The lowest BCUT2D eigenvalue weighted by molar-refractivity contribution is -0.121. The van der Waals surface area contributed by atoms with E-state index < -0.39 is 0 Å². The van der Waals surface area contributed by atoms with Crippen molar-refractivity contribution >= 4 is 16.7 Å². The van der Waals surface area contributed by atoms with Gasteiger partial charge in [-0.2, -0.15) is 0 Å². The van der Waals surface area contributed by atoms with Gasteiger partial charge in [0.1, 0.15) is 5.75 Å². The Morgan fingerprint density at radius 3 is 2.58 bits per heavy atom. The number of ether oxygens (including phenoxy) is 1. The van der Waals surface area contributed by atoms with Crippen molar-refractivity contribution < 1.29 is 9.53 Å². The molecule has 3 nitrogen and oxygen atoms in total. The van der Waals surface area contributed by atoms with Gasteiger partial charge in [0, 0.05) is 6.42 Å². The first-order valence-corrected chi connectivity index (χ1v) is 9.16. The minimum Gasteiger partial charge on any atom is -0.494 e. The number of rotatable bonds is 7. The number of benzene rings is 3. The lowest BCUT2D eigenvalue weighted by atomic mass is 9.99. The quantitative estimate of drug-likeness (QED) is 0.649. The Morgan fingerprint density at radius 1 is 1.00 bits per heavy atom. The van der Waals surface area contributed by atoms with E-state index >= 15 is 0 Å². The van der Waals surface area contributed by atoms with Crippen molar-refractivity contribution in [1.29, 1.82) is 0 Å². The van der Waals surface area contributed by atoms with Gasteiger partial charge in [-0.15, -0.1) is 0 Å². The first-order valence-electron chi connectivity index (χ1n) is 9.16. The highest BCUT2D eigenvalue weighted by molar-refractivity contribution is 5.86. The lowest BCUT2D eigenvalue weighted by Crippen LogP contribution is -2.27. The van der Waals surface area contributed by atoms with Gasteiger partial charge in [0.15, 0.2) is 0 Å². The fraction of sp³-hybridized carbons (Fsp3) is 0.261. The molecule has 0 aromatic heterocycles. The molecule has 1 unspecified atom stereocenters. The van der Waals surface area contributed by atoms with Gasteiger partial charge in [0.2, 0.25) is 5.91 Å². The van der Waals surface area contributed by atoms with Crippen LogP contribution >= 0.6 is 0 Å². The zero-order chi connectivity index (χ0) is 18.4. The van der Waals surface area contributed by atoms with E-state index in [2.05, 4.69) is 29.6 Å². The van der Waals surface area contributed by atoms with E-state index in [1.54, 1.807) is 0 Å². The predicted octanol–water partition coefficient (Wildman–Crippen LogP) is 5.05. The van der Waals surface area contributed by atoms with Gasteiger partial charge in [0.05, 0.1) is 12.6 Å². The van der Waals surface area contributed by atoms with E-state index in [9.17, 15) is 4.79 Å². The van der Waals surface area contributed by atoms with Crippen molar-refractivity contribution in [1.82, 2.24) is 5.32 Å². The van der Waals surface area contributed by atoms with Crippen LogP contribution in [-0.4, -0.2) is 12.5 Å². The number of para-hydroxylation sites is 1. The van der Waals surface area contributed by atoms with Gasteiger partial charge in [-0.05, 0) is 48.2 Å². The van der Waals surface area contributed by atoms with Crippen LogP contribution < -0.4 is 10.1 Å². The maximum atomic E-state index is 12.5. The zero-order valence-corrected chi connectivity index (χ0v) is 15.4. The SMILES string of the molecule is CCOc1ccccc1CCC(=O)NC(C)c1cccc2ccccc12. The molecule has 0 aliphatic rings. The topological polar surface area (TPSA) is 38.3 Å². The van der Waals surface area contributed by atoms with Crippen LogP contribution in [0.3, 0.4) is 0 Å². The van der Waals surface area contributed by atoms with Crippen molar-refractivity contribution in [3.8, 4) is 5.75 Å². The lowest BCUT2D eigenvalue weighted by Gasteiger charge is -2.17. The average Bonchev–Trinajstić information content (AvgIpc) is 2.67. The molecule has 1 atom stereocenters. The van der Waals surface area contributed by atoms with E-state index in [0.717, 1.165) is 16.9 Å². The molecule has 0 aliphatic carbocycles. The second-order valence-corrected chi connectivity index (χ2v) is 6.40. The highest BCUT2D eigenvalue weighted by Crippen LogP contribution is 2.24. The highest BCUT2D eigenvalue weighted by atomic mass is 16.5. The Labute approximate surface area is 155 Å². The molecule has 1 N–H and O–H groups in total. The number of hydrogen-bond donors (Lipinski definition) is 1. The Kier molecular flexibility index (Phi) is 5.90. The van der Waals surface area contributed by atoms with Crippen molar-refractivity contribution in [3.63, 3.8) is 0 Å². The van der Waals surface area contributed by atoms with Crippen LogP contribution in [0.2, 0.25) is 0 Å². The van der Waals surface area contributed by atoms with Crippen LogP contribution in [0.1, 0.15) is 37.4 Å². The summed E-state index contributed by atoms with van der Waals surface area (Å²) in [5, 5.41) is 5.51. The molecule has 0 saturated carbocycles. The monoisotopic (exact) mass is 347 g/mol. The molecule has 0 heterocycles. The smallest absolute Gasteiger partial charge is 0.220 e. The van der Waals surface area contributed by atoms with Crippen molar-refractivity contribution in [2.75, 3.05) is 6.61 Å². The summed E-state index contributed by atoms with van der Waals surface area (Å²) in [6, 6.07) is 22.4. The Morgan fingerprint density at radius 2 is 1.73 bits per heavy atom. The number of nitrogens with one attached hydrogen (secondary N) is 1. The summed E-state index contributed by atoms with van der Waals surface area (Å²) in [7, 11) is 0. The third-order valence-electron chi connectivity index (χ3n) is 4.56. The largest absolute Gasteiger partial charge is 0.494 e. The van der Waals surface area contributed by atoms with E-state index in [-0.39, 0.29) is 11.9 Å². The van der Waals surface area contributed by atoms with Crippen molar-refractivity contribution in [3.05, 3.63) is 77.9 Å². The molecule has 3 heteroatoms. The van der Waals surface area contributed by atoms with Crippen LogP contribution in [0.4, 0.5) is 0 Å². The molecule has 3 aromatic rings. The minimum atomic E-state index is -0.0317. The Bertz CT molecular complexity index is 883. The van der Waals surface area contributed by atoms with Gasteiger partial charge in [-0.1, -0.05) is 60.7 Å². The van der Waals surface area contributed by atoms with Crippen molar-refractivity contribution in [2.45, 2.75) is 32.7 Å². The summed E-state index contributed by atoms with van der Waals surface area (Å²) >= 11 is 0. The predicted molar refractivity (Wildman–Crippen MR) is 106 cm³/mol. The molecule has 3 aromatic carbocycles. The molecule has 0 saturated heterocycles. The molecule has 0 spiro atoms. The first kappa shape index (κ1) is 18.0. The van der Waals surface area contributed by atoms with E-state index in [1.807, 2.05) is 56.3 Å². The summed E-state index contributed by atoms with van der Waals surface area (Å²) in [4.78, 5) is 12.5.